The molecule has 0 radical (unpaired) electrons. The Balaban J connectivity index is 2.02. The molecule has 90 valence electrons. The van der Waals surface area contributed by atoms with Crippen LogP contribution in [0, 0.1) is 5.92 Å². The Labute approximate surface area is 96.8 Å². The zero-order valence-corrected chi connectivity index (χ0v) is 10.4. The second kappa shape index (κ2) is 4.95. The van der Waals surface area contributed by atoms with Gasteiger partial charge in [0.15, 0.2) is 5.82 Å². The normalized spacial score (nSPS) is 19.7. The Bertz CT molecular complexity index is 333. The Morgan fingerprint density at radius 3 is 2.81 bits per heavy atom. The Kier molecular flexibility index (Phi) is 3.59. The zero-order chi connectivity index (χ0) is 11.5. The van der Waals surface area contributed by atoms with E-state index in [1.165, 1.54) is 12.8 Å². The molecule has 1 aliphatic carbocycles. The summed E-state index contributed by atoms with van der Waals surface area (Å²) in [5.74, 6) is 2.82. The van der Waals surface area contributed by atoms with Gasteiger partial charge in [0.2, 0.25) is 5.89 Å². The first-order valence-electron chi connectivity index (χ1n) is 6.24. The fourth-order valence-electron chi connectivity index (χ4n) is 2.02. The van der Waals surface area contributed by atoms with Crippen LogP contribution in [0.15, 0.2) is 4.52 Å². The quantitative estimate of drug-likeness (QED) is 0.802. The van der Waals surface area contributed by atoms with Crippen LogP contribution >= 0.6 is 0 Å². The summed E-state index contributed by atoms with van der Waals surface area (Å²) < 4.78 is 5.37. The minimum Gasteiger partial charge on any atom is -0.339 e. The summed E-state index contributed by atoms with van der Waals surface area (Å²) in [4.78, 5) is 4.51. The zero-order valence-electron chi connectivity index (χ0n) is 10.4. The molecule has 1 N–H and O–H groups in total. The van der Waals surface area contributed by atoms with E-state index in [4.69, 9.17) is 4.52 Å². The molecule has 0 saturated heterocycles. The highest BCUT2D eigenvalue weighted by Crippen LogP contribution is 2.32. The van der Waals surface area contributed by atoms with Crippen LogP contribution in [0.5, 0.6) is 0 Å². The predicted octanol–water partition coefficient (Wildman–Crippen LogP) is 2.12. The maximum atomic E-state index is 5.37. The second-order valence-electron chi connectivity index (χ2n) is 4.79. The van der Waals surface area contributed by atoms with Crippen LogP contribution in [0.25, 0.3) is 0 Å². The van der Waals surface area contributed by atoms with Crippen molar-refractivity contribution in [1.29, 1.82) is 0 Å². The summed E-state index contributed by atoms with van der Waals surface area (Å²) >= 11 is 0. The Morgan fingerprint density at radius 1 is 1.50 bits per heavy atom. The maximum Gasteiger partial charge on any atom is 0.231 e. The van der Waals surface area contributed by atoms with Crippen molar-refractivity contribution in [2.75, 3.05) is 7.05 Å². The van der Waals surface area contributed by atoms with Crippen molar-refractivity contribution >= 4 is 0 Å². The van der Waals surface area contributed by atoms with E-state index in [2.05, 4.69) is 29.3 Å². The third kappa shape index (κ3) is 2.61. The fraction of sp³-hybridized carbons (Fsp3) is 0.833. The third-order valence-electron chi connectivity index (χ3n) is 3.47. The van der Waals surface area contributed by atoms with Crippen LogP contribution in [0.4, 0.5) is 0 Å². The lowest BCUT2D eigenvalue weighted by Crippen LogP contribution is -2.28. The fourth-order valence-corrected chi connectivity index (χ4v) is 2.02. The first-order valence-corrected chi connectivity index (χ1v) is 6.24. The lowest BCUT2D eigenvalue weighted by Gasteiger charge is -2.17. The number of hydrogen-bond donors (Lipinski definition) is 1. The van der Waals surface area contributed by atoms with Gasteiger partial charge in [-0.2, -0.15) is 4.98 Å². The van der Waals surface area contributed by atoms with E-state index in [1.807, 2.05) is 7.05 Å². The Hall–Kier alpha value is -0.900. The minimum atomic E-state index is 0.324. The van der Waals surface area contributed by atoms with Gasteiger partial charge >= 0.3 is 0 Å². The molecular weight excluding hydrogens is 202 g/mol. The smallest absolute Gasteiger partial charge is 0.231 e. The molecule has 1 aromatic rings. The molecular formula is C12H21N3O. The summed E-state index contributed by atoms with van der Waals surface area (Å²) in [6.45, 7) is 4.31. The molecule has 1 aliphatic rings. The highest BCUT2D eigenvalue weighted by molar-refractivity contribution is 4.99. The summed E-state index contributed by atoms with van der Waals surface area (Å²) in [7, 11) is 1.97. The van der Waals surface area contributed by atoms with E-state index >= 15 is 0 Å². The van der Waals surface area contributed by atoms with Gasteiger partial charge in [0, 0.05) is 12.5 Å². The van der Waals surface area contributed by atoms with Crippen LogP contribution in [-0.2, 0) is 6.42 Å². The summed E-state index contributed by atoms with van der Waals surface area (Å²) in [5.41, 5.74) is 0. The molecule has 0 aliphatic heterocycles. The average Bonchev–Trinajstić information content (AvgIpc) is 2.98. The molecule has 0 spiro atoms. The lowest BCUT2D eigenvalue weighted by atomic mass is 9.98. The lowest BCUT2D eigenvalue weighted by molar-refractivity contribution is 0.319. The summed E-state index contributed by atoms with van der Waals surface area (Å²) in [6, 6.07) is 0.374. The van der Waals surface area contributed by atoms with Crippen LogP contribution in [0.1, 0.15) is 50.7 Å². The predicted molar refractivity (Wildman–Crippen MR) is 62.3 cm³/mol. The molecule has 0 aromatic carbocycles. The van der Waals surface area contributed by atoms with Crippen molar-refractivity contribution in [3.05, 3.63) is 11.7 Å². The molecule has 1 saturated carbocycles. The van der Waals surface area contributed by atoms with Crippen molar-refractivity contribution in [3.63, 3.8) is 0 Å². The van der Waals surface area contributed by atoms with Crippen molar-refractivity contribution < 1.29 is 4.52 Å². The van der Waals surface area contributed by atoms with E-state index in [0.29, 0.717) is 12.0 Å². The number of hydrogen-bond acceptors (Lipinski definition) is 4. The first kappa shape index (κ1) is 11.6. The summed E-state index contributed by atoms with van der Waals surface area (Å²) in [5, 5.41) is 7.32. The van der Waals surface area contributed by atoms with Gasteiger partial charge in [0.05, 0.1) is 5.92 Å². The SMILES string of the molecule is CCC(c1nc(CC2CC2)no1)C(C)NC. The molecule has 1 aromatic heterocycles. The van der Waals surface area contributed by atoms with Crippen LogP contribution in [0.3, 0.4) is 0 Å². The van der Waals surface area contributed by atoms with Gasteiger partial charge in [-0.25, -0.2) is 0 Å². The molecule has 2 atom stereocenters. The minimum absolute atomic E-state index is 0.324. The number of nitrogens with one attached hydrogen (secondary N) is 1. The second-order valence-corrected chi connectivity index (χ2v) is 4.79. The molecule has 1 fully saturated rings. The number of aromatic nitrogens is 2. The van der Waals surface area contributed by atoms with Gasteiger partial charge < -0.3 is 9.84 Å². The topological polar surface area (TPSA) is 51.0 Å². The maximum absolute atomic E-state index is 5.37. The largest absolute Gasteiger partial charge is 0.339 e. The van der Waals surface area contributed by atoms with Gasteiger partial charge in [-0.05, 0) is 39.2 Å². The van der Waals surface area contributed by atoms with Crippen molar-refractivity contribution in [1.82, 2.24) is 15.5 Å². The third-order valence-corrected chi connectivity index (χ3v) is 3.47. The van der Waals surface area contributed by atoms with Crippen molar-refractivity contribution in [3.8, 4) is 0 Å². The van der Waals surface area contributed by atoms with Gasteiger partial charge in [-0.1, -0.05) is 12.1 Å². The van der Waals surface area contributed by atoms with Crippen LogP contribution in [0.2, 0.25) is 0 Å². The van der Waals surface area contributed by atoms with Gasteiger partial charge in [-0.3, -0.25) is 0 Å². The molecule has 16 heavy (non-hydrogen) atoms. The standard InChI is InChI=1S/C12H21N3O/c1-4-10(8(2)13-3)12-14-11(15-16-12)7-9-5-6-9/h8-10,13H,4-7H2,1-3H3. The van der Waals surface area contributed by atoms with E-state index < -0.39 is 0 Å². The van der Waals surface area contributed by atoms with Gasteiger partial charge in [0.25, 0.3) is 0 Å². The van der Waals surface area contributed by atoms with Crippen molar-refractivity contribution in [2.24, 2.45) is 5.92 Å². The molecule has 4 heteroatoms. The van der Waals surface area contributed by atoms with E-state index in [-0.39, 0.29) is 0 Å². The molecule has 0 bridgehead atoms. The van der Waals surface area contributed by atoms with E-state index in [0.717, 1.165) is 30.5 Å². The average molecular weight is 223 g/mol. The monoisotopic (exact) mass is 223 g/mol. The molecule has 1 heterocycles. The van der Waals surface area contributed by atoms with E-state index in [9.17, 15) is 0 Å². The molecule has 4 nitrogen and oxygen atoms in total. The van der Waals surface area contributed by atoms with E-state index in [1.54, 1.807) is 0 Å². The summed E-state index contributed by atoms with van der Waals surface area (Å²) in [6.07, 6.45) is 4.67. The van der Waals surface area contributed by atoms with Crippen molar-refractivity contribution in [2.45, 2.75) is 51.5 Å². The number of likely N-dealkylation sites (N-methyl/N-ethyl adjacent to an activating group) is 1. The van der Waals surface area contributed by atoms with Crippen LogP contribution in [-0.4, -0.2) is 23.2 Å². The van der Waals surface area contributed by atoms with Crippen LogP contribution < -0.4 is 5.32 Å². The van der Waals surface area contributed by atoms with Gasteiger partial charge in [-0.15, -0.1) is 0 Å². The molecule has 0 amide bonds. The number of rotatable bonds is 6. The molecule has 2 rings (SSSR count). The Morgan fingerprint density at radius 2 is 2.25 bits per heavy atom. The highest BCUT2D eigenvalue weighted by Gasteiger charge is 2.26. The number of nitrogens with zero attached hydrogens (tertiary/aromatic N) is 2. The molecule has 2 unspecified atom stereocenters. The first-order chi connectivity index (χ1) is 7.74. The van der Waals surface area contributed by atoms with Gasteiger partial charge in [0.1, 0.15) is 0 Å². The highest BCUT2D eigenvalue weighted by atomic mass is 16.5.